The molecule has 0 radical (unpaired) electrons. The van der Waals surface area contributed by atoms with Crippen LogP contribution in [0.1, 0.15) is 11.1 Å². The van der Waals surface area contributed by atoms with E-state index in [2.05, 4.69) is 74.9 Å². The number of anilines is 4. The number of para-hydroxylation sites is 2. The van der Waals surface area contributed by atoms with Gasteiger partial charge in [-0.1, -0.05) is 36.4 Å². The van der Waals surface area contributed by atoms with Gasteiger partial charge in [0.1, 0.15) is 18.0 Å². The van der Waals surface area contributed by atoms with E-state index in [4.69, 9.17) is 4.74 Å². The molecule has 6 nitrogen and oxygen atoms in total. The molecule has 2 aromatic carbocycles. The highest BCUT2D eigenvalue weighted by atomic mass is 16.5. The summed E-state index contributed by atoms with van der Waals surface area (Å²) in [6.07, 6.45) is 1.58. The van der Waals surface area contributed by atoms with Crippen LogP contribution < -0.4 is 15.5 Å². The van der Waals surface area contributed by atoms with Gasteiger partial charge in [-0.25, -0.2) is 9.97 Å². The van der Waals surface area contributed by atoms with Crippen molar-refractivity contribution in [3.8, 4) is 0 Å². The molecule has 2 N–H and O–H groups in total. The van der Waals surface area contributed by atoms with Crippen LogP contribution in [-0.2, 0) is 11.3 Å². The second kappa shape index (κ2) is 8.71. The van der Waals surface area contributed by atoms with Crippen LogP contribution in [0.3, 0.4) is 0 Å². The Morgan fingerprint density at radius 3 is 2.57 bits per heavy atom. The summed E-state index contributed by atoms with van der Waals surface area (Å²) in [6, 6.07) is 18.6. The van der Waals surface area contributed by atoms with Crippen molar-refractivity contribution >= 4 is 23.0 Å². The molecule has 1 aliphatic heterocycles. The van der Waals surface area contributed by atoms with Gasteiger partial charge in [0.05, 0.1) is 24.6 Å². The Kier molecular flexibility index (Phi) is 5.68. The predicted octanol–water partition coefficient (Wildman–Crippen LogP) is 3.98. The molecule has 1 fully saturated rings. The van der Waals surface area contributed by atoms with Crippen molar-refractivity contribution in [1.29, 1.82) is 0 Å². The number of benzene rings is 2. The molecular formula is C22H25N5O. The molecule has 0 unspecified atom stereocenters. The van der Waals surface area contributed by atoms with E-state index < -0.39 is 0 Å². The van der Waals surface area contributed by atoms with Gasteiger partial charge in [0.25, 0.3) is 0 Å². The lowest BCUT2D eigenvalue weighted by Gasteiger charge is -2.30. The van der Waals surface area contributed by atoms with Gasteiger partial charge in [-0.05, 0) is 30.2 Å². The van der Waals surface area contributed by atoms with Crippen LogP contribution in [0.15, 0.2) is 60.9 Å². The SMILES string of the molecule is Cc1ccccc1CNc1cc(Nc2ccccc2N2CCOCC2)ncn1. The minimum Gasteiger partial charge on any atom is -0.378 e. The highest BCUT2D eigenvalue weighted by Gasteiger charge is 2.14. The Bertz CT molecular complexity index is 924. The Labute approximate surface area is 165 Å². The molecule has 0 bridgehead atoms. The monoisotopic (exact) mass is 375 g/mol. The smallest absolute Gasteiger partial charge is 0.135 e. The van der Waals surface area contributed by atoms with E-state index >= 15 is 0 Å². The first-order valence-corrected chi connectivity index (χ1v) is 9.59. The fourth-order valence-electron chi connectivity index (χ4n) is 3.31. The first-order chi connectivity index (χ1) is 13.8. The quantitative estimate of drug-likeness (QED) is 0.680. The highest BCUT2D eigenvalue weighted by Crippen LogP contribution is 2.29. The maximum Gasteiger partial charge on any atom is 0.135 e. The standard InChI is InChI=1S/C22H25N5O/c1-17-6-2-3-7-18(17)15-23-21-14-22(25-16-24-21)26-19-8-4-5-9-20(19)27-10-12-28-13-11-27/h2-9,14,16H,10-13,15H2,1H3,(H2,23,24,25,26). The maximum atomic E-state index is 5.48. The fraction of sp³-hybridized carbons (Fsp3) is 0.273. The summed E-state index contributed by atoms with van der Waals surface area (Å²) in [5, 5.41) is 6.83. The molecule has 0 amide bonds. The number of ether oxygens (including phenoxy) is 1. The first kappa shape index (κ1) is 18.3. The van der Waals surface area contributed by atoms with Gasteiger partial charge in [-0.2, -0.15) is 0 Å². The third kappa shape index (κ3) is 4.40. The zero-order chi connectivity index (χ0) is 19.2. The maximum absolute atomic E-state index is 5.48. The number of hydrogen-bond acceptors (Lipinski definition) is 6. The van der Waals surface area contributed by atoms with Gasteiger partial charge in [0, 0.05) is 25.7 Å². The average Bonchev–Trinajstić information content (AvgIpc) is 2.74. The second-order valence-corrected chi connectivity index (χ2v) is 6.81. The van der Waals surface area contributed by atoms with Crippen LogP contribution >= 0.6 is 0 Å². The van der Waals surface area contributed by atoms with E-state index in [1.165, 1.54) is 16.8 Å². The number of aryl methyl sites for hydroxylation is 1. The molecule has 3 aromatic rings. The minimum atomic E-state index is 0.730. The van der Waals surface area contributed by atoms with Gasteiger partial charge >= 0.3 is 0 Å². The largest absolute Gasteiger partial charge is 0.378 e. The molecule has 6 heteroatoms. The molecule has 0 saturated carbocycles. The van der Waals surface area contributed by atoms with Crippen LogP contribution in [0.5, 0.6) is 0 Å². The van der Waals surface area contributed by atoms with Crippen molar-refractivity contribution in [2.45, 2.75) is 13.5 Å². The van der Waals surface area contributed by atoms with Gasteiger partial charge in [0.2, 0.25) is 0 Å². The molecule has 1 aliphatic rings. The Balaban J connectivity index is 1.47. The Hall–Kier alpha value is -3.12. The van der Waals surface area contributed by atoms with Crippen LogP contribution in [0.2, 0.25) is 0 Å². The van der Waals surface area contributed by atoms with Gasteiger partial charge in [0.15, 0.2) is 0 Å². The lowest BCUT2D eigenvalue weighted by Crippen LogP contribution is -2.36. The zero-order valence-corrected chi connectivity index (χ0v) is 16.1. The second-order valence-electron chi connectivity index (χ2n) is 6.81. The third-order valence-corrected chi connectivity index (χ3v) is 4.91. The topological polar surface area (TPSA) is 62.3 Å². The number of nitrogens with one attached hydrogen (secondary N) is 2. The molecule has 1 saturated heterocycles. The summed E-state index contributed by atoms with van der Waals surface area (Å²) >= 11 is 0. The molecule has 0 aliphatic carbocycles. The minimum absolute atomic E-state index is 0.730. The van der Waals surface area contributed by atoms with Crippen LogP contribution in [0, 0.1) is 6.92 Å². The van der Waals surface area contributed by atoms with E-state index in [0.29, 0.717) is 0 Å². The number of nitrogens with zero attached hydrogens (tertiary/aromatic N) is 3. The summed E-state index contributed by atoms with van der Waals surface area (Å²) in [5.41, 5.74) is 4.72. The van der Waals surface area contributed by atoms with Gasteiger partial charge in [-0.15, -0.1) is 0 Å². The van der Waals surface area contributed by atoms with Gasteiger partial charge in [-0.3, -0.25) is 0 Å². The van der Waals surface area contributed by atoms with Crippen molar-refractivity contribution in [2.75, 3.05) is 41.8 Å². The summed E-state index contributed by atoms with van der Waals surface area (Å²) in [4.78, 5) is 11.1. The van der Waals surface area contributed by atoms with Crippen molar-refractivity contribution in [2.24, 2.45) is 0 Å². The summed E-state index contributed by atoms with van der Waals surface area (Å²) in [7, 11) is 0. The van der Waals surface area contributed by atoms with Crippen LogP contribution in [0.25, 0.3) is 0 Å². The highest BCUT2D eigenvalue weighted by molar-refractivity contribution is 5.74. The molecule has 0 atom stereocenters. The predicted molar refractivity (Wildman–Crippen MR) is 113 cm³/mol. The van der Waals surface area contributed by atoms with Crippen LogP contribution in [-0.4, -0.2) is 36.3 Å². The zero-order valence-electron chi connectivity index (χ0n) is 16.1. The van der Waals surface area contributed by atoms with Crippen molar-refractivity contribution in [3.05, 3.63) is 72.1 Å². The Morgan fingerprint density at radius 2 is 1.71 bits per heavy atom. The summed E-state index contributed by atoms with van der Waals surface area (Å²) < 4.78 is 5.48. The van der Waals surface area contributed by atoms with E-state index in [1.807, 2.05) is 12.1 Å². The Morgan fingerprint density at radius 1 is 0.964 bits per heavy atom. The third-order valence-electron chi connectivity index (χ3n) is 4.91. The van der Waals surface area contributed by atoms with E-state index in [0.717, 1.165) is 50.2 Å². The molecule has 28 heavy (non-hydrogen) atoms. The summed E-state index contributed by atoms with van der Waals surface area (Å²) in [6.45, 7) is 6.15. The number of aromatic nitrogens is 2. The van der Waals surface area contributed by atoms with E-state index in [-0.39, 0.29) is 0 Å². The van der Waals surface area contributed by atoms with Crippen molar-refractivity contribution < 1.29 is 4.74 Å². The van der Waals surface area contributed by atoms with Crippen molar-refractivity contribution in [1.82, 2.24) is 9.97 Å². The summed E-state index contributed by atoms with van der Waals surface area (Å²) in [5.74, 6) is 1.56. The molecule has 0 spiro atoms. The fourth-order valence-corrected chi connectivity index (χ4v) is 3.31. The molecule has 144 valence electrons. The normalized spacial score (nSPS) is 14.0. The van der Waals surface area contributed by atoms with Gasteiger partial charge < -0.3 is 20.3 Å². The van der Waals surface area contributed by atoms with Crippen LogP contribution in [0.4, 0.5) is 23.0 Å². The van der Waals surface area contributed by atoms with Crippen molar-refractivity contribution in [3.63, 3.8) is 0 Å². The number of hydrogen-bond donors (Lipinski definition) is 2. The number of morpholine rings is 1. The molecule has 4 rings (SSSR count). The van der Waals surface area contributed by atoms with E-state index in [1.54, 1.807) is 6.33 Å². The first-order valence-electron chi connectivity index (χ1n) is 9.59. The lowest BCUT2D eigenvalue weighted by atomic mass is 10.1. The molecule has 1 aromatic heterocycles. The van der Waals surface area contributed by atoms with E-state index in [9.17, 15) is 0 Å². The number of rotatable bonds is 6. The lowest BCUT2D eigenvalue weighted by molar-refractivity contribution is 0.123. The average molecular weight is 375 g/mol. The molecule has 2 heterocycles. The molecular weight excluding hydrogens is 350 g/mol.